The highest BCUT2D eigenvalue weighted by molar-refractivity contribution is 5.96. The van der Waals surface area contributed by atoms with Crippen molar-refractivity contribution in [2.75, 3.05) is 11.9 Å². The van der Waals surface area contributed by atoms with Crippen LogP contribution in [0.1, 0.15) is 61.6 Å². The minimum Gasteiger partial charge on any atom is -0.347 e. The molecule has 0 spiro atoms. The average molecular weight is 408 g/mol. The molecule has 0 fully saturated rings. The Bertz CT molecular complexity index is 945. The molecule has 158 valence electrons. The topological polar surface area (TPSA) is 78.5 Å². The van der Waals surface area contributed by atoms with Gasteiger partial charge in [0.05, 0.1) is 12.5 Å². The maximum absolute atomic E-state index is 12.7. The number of carbonyl (C=O) groups excluding carboxylic acids is 3. The Hall–Kier alpha value is -3.15. The lowest BCUT2D eigenvalue weighted by atomic mass is 9.90. The number of anilines is 1. The highest BCUT2D eigenvalue weighted by atomic mass is 16.2. The van der Waals surface area contributed by atoms with Gasteiger partial charge in [-0.05, 0) is 62.6 Å². The summed E-state index contributed by atoms with van der Waals surface area (Å²) >= 11 is 0. The van der Waals surface area contributed by atoms with Crippen molar-refractivity contribution in [1.82, 2.24) is 10.2 Å². The van der Waals surface area contributed by atoms with Gasteiger partial charge in [0, 0.05) is 30.3 Å². The van der Waals surface area contributed by atoms with Gasteiger partial charge in [-0.3, -0.25) is 14.4 Å². The van der Waals surface area contributed by atoms with Crippen molar-refractivity contribution in [2.45, 2.75) is 52.1 Å². The van der Waals surface area contributed by atoms with Gasteiger partial charge < -0.3 is 15.5 Å². The Morgan fingerprint density at radius 2 is 1.70 bits per heavy atom. The Morgan fingerprint density at radius 3 is 2.33 bits per heavy atom. The summed E-state index contributed by atoms with van der Waals surface area (Å²) in [4.78, 5) is 38.9. The van der Waals surface area contributed by atoms with Crippen molar-refractivity contribution < 1.29 is 14.4 Å². The summed E-state index contributed by atoms with van der Waals surface area (Å²) < 4.78 is 0. The van der Waals surface area contributed by atoms with E-state index in [1.807, 2.05) is 39.0 Å². The molecule has 0 bridgehead atoms. The second kappa shape index (κ2) is 8.69. The second-order valence-corrected chi connectivity index (χ2v) is 8.71. The number of nitrogens with one attached hydrogen (secondary N) is 2. The highest BCUT2D eigenvalue weighted by Gasteiger charge is 2.30. The fourth-order valence-corrected chi connectivity index (χ4v) is 3.75. The monoisotopic (exact) mass is 407 g/mol. The van der Waals surface area contributed by atoms with E-state index in [-0.39, 0.29) is 35.7 Å². The van der Waals surface area contributed by atoms with Gasteiger partial charge in [-0.1, -0.05) is 24.3 Å². The number of hydrogen-bond donors (Lipinski definition) is 2. The molecule has 1 heterocycles. The second-order valence-electron chi connectivity index (χ2n) is 8.71. The molecule has 6 nitrogen and oxygen atoms in total. The van der Waals surface area contributed by atoms with Crippen LogP contribution in [0.2, 0.25) is 0 Å². The first-order valence-corrected chi connectivity index (χ1v) is 10.2. The van der Waals surface area contributed by atoms with E-state index in [0.29, 0.717) is 17.8 Å². The summed E-state index contributed by atoms with van der Waals surface area (Å²) in [6.45, 7) is 7.93. The van der Waals surface area contributed by atoms with Crippen LogP contribution >= 0.6 is 0 Å². The number of fused-ring (bicyclic) bond motifs is 1. The highest BCUT2D eigenvalue weighted by Crippen LogP contribution is 2.32. The summed E-state index contributed by atoms with van der Waals surface area (Å²) in [5, 5.41) is 5.80. The molecule has 2 aromatic carbocycles. The van der Waals surface area contributed by atoms with Crippen molar-refractivity contribution in [3.63, 3.8) is 0 Å². The maximum atomic E-state index is 12.7. The van der Waals surface area contributed by atoms with Crippen molar-refractivity contribution in [3.05, 3.63) is 65.2 Å². The van der Waals surface area contributed by atoms with Gasteiger partial charge in [-0.15, -0.1) is 0 Å². The van der Waals surface area contributed by atoms with Crippen LogP contribution in [-0.2, 0) is 16.0 Å². The van der Waals surface area contributed by atoms with Crippen LogP contribution < -0.4 is 10.6 Å². The average Bonchev–Trinajstić information content (AvgIpc) is 2.67. The first-order valence-electron chi connectivity index (χ1n) is 10.2. The Kier molecular flexibility index (Phi) is 6.25. The Labute approximate surface area is 177 Å². The van der Waals surface area contributed by atoms with Gasteiger partial charge in [0.15, 0.2) is 0 Å². The van der Waals surface area contributed by atoms with Crippen LogP contribution in [0.5, 0.6) is 0 Å². The summed E-state index contributed by atoms with van der Waals surface area (Å²) in [5.41, 5.74) is 3.05. The molecule has 0 saturated heterocycles. The zero-order chi connectivity index (χ0) is 21.9. The lowest BCUT2D eigenvalue weighted by molar-refractivity contribution is -0.132. The van der Waals surface area contributed by atoms with Crippen LogP contribution in [0, 0.1) is 0 Å². The van der Waals surface area contributed by atoms with E-state index in [4.69, 9.17) is 0 Å². The molecule has 2 N–H and O–H groups in total. The molecule has 0 aliphatic carbocycles. The summed E-state index contributed by atoms with van der Waals surface area (Å²) in [6.07, 6.45) is 0.981. The molecule has 3 amide bonds. The minimum absolute atomic E-state index is 0.0310. The summed E-state index contributed by atoms with van der Waals surface area (Å²) in [6, 6.07) is 14.5. The van der Waals surface area contributed by atoms with Gasteiger partial charge in [-0.25, -0.2) is 0 Å². The lowest BCUT2D eigenvalue weighted by Crippen LogP contribution is -2.40. The largest absolute Gasteiger partial charge is 0.347 e. The Morgan fingerprint density at radius 1 is 1.03 bits per heavy atom. The standard InChI is InChI=1S/C24H29N3O3/c1-16(28)27-14-13-17-7-5-6-8-20(17)21(27)15-22(29)25-19-11-9-18(10-12-19)23(30)26-24(2,3)4/h5-12,21H,13-15H2,1-4H3,(H,25,29)(H,26,30). The summed E-state index contributed by atoms with van der Waals surface area (Å²) in [7, 11) is 0. The molecule has 1 aliphatic rings. The molecule has 1 aliphatic heterocycles. The van der Waals surface area contributed by atoms with E-state index in [9.17, 15) is 14.4 Å². The predicted octanol–water partition coefficient (Wildman–Crippen LogP) is 3.69. The third kappa shape index (κ3) is 5.26. The van der Waals surface area contributed by atoms with Crippen LogP contribution in [0.4, 0.5) is 5.69 Å². The van der Waals surface area contributed by atoms with Crippen LogP contribution in [0.3, 0.4) is 0 Å². The quantitative estimate of drug-likeness (QED) is 0.811. The first kappa shape index (κ1) is 21.6. The molecule has 0 radical (unpaired) electrons. The minimum atomic E-state index is -0.317. The van der Waals surface area contributed by atoms with Gasteiger partial charge >= 0.3 is 0 Å². The molecule has 3 rings (SSSR count). The van der Waals surface area contributed by atoms with E-state index in [1.54, 1.807) is 36.1 Å². The zero-order valence-electron chi connectivity index (χ0n) is 18.0. The zero-order valence-corrected chi connectivity index (χ0v) is 18.0. The third-order valence-electron chi connectivity index (χ3n) is 5.11. The van der Waals surface area contributed by atoms with Gasteiger partial charge in [0.2, 0.25) is 11.8 Å². The smallest absolute Gasteiger partial charge is 0.251 e. The SMILES string of the molecule is CC(=O)N1CCc2ccccc2C1CC(=O)Nc1ccc(C(=O)NC(C)(C)C)cc1. The summed E-state index contributed by atoms with van der Waals surface area (Å²) in [5.74, 6) is -0.359. The predicted molar refractivity (Wildman–Crippen MR) is 117 cm³/mol. The number of rotatable bonds is 4. The van der Waals surface area contributed by atoms with E-state index < -0.39 is 0 Å². The number of hydrogen-bond acceptors (Lipinski definition) is 3. The third-order valence-corrected chi connectivity index (χ3v) is 5.11. The van der Waals surface area contributed by atoms with Crippen LogP contribution in [0.15, 0.2) is 48.5 Å². The van der Waals surface area contributed by atoms with Gasteiger partial charge in [-0.2, -0.15) is 0 Å². The Balaban J connectivity index is 1.69. The molecule has 0 saturated carbocycles. The molecular formula is C24H29N3O3. The molecule has 0 aromatic heterocycles. The van der Waals surface area contributed by atoms with Gasteiger partial charge in [0.1, 0.15) is 0 Å². The molecule has 2 aromatic rings. The van der Waals surface area contributed by atoms with Crippen molar-refractivity contribution in [2.24, 2.45) is 0 Å². The molecule has 1 unspecified atom stereocenters. The number of carbonyl (C=O) groups is 3. The molecule has 1 atom stereocenters. The van der Waals surface area contributed by atoms with E-state index in [2.05, 4.69) is 16.7 Å². The number of amides is 3. The lowest BCUT2D eigenvalue weighted by Gasteiger charge is -2.36. The maximum Gasteiger partial charge on any atom is 0.251 e. The van der Waals surface area contributed by atoms with Gasteiger partial charge in [0.25, 0.3) is 5.91 Å². The molecule has 30 heavy (non-hydrogen) atoms. The van der Waals surface area contributed by atoms with E-state index in [0.717, 1.165) is 12.0 Å². The first-order chi connectivity index (χ1) is 14.1. The van der Waals surface area contributed by atoms with E-state index >= 15 is 0 Å². The van der Waals surface area contributed by atoms with Crippen molar-refractivity contribution >= 4 is 23.4 Å². The fourth-order valence-electron chi connectivity index (χ4n) is 3.75. The molecule has 6 heteroatoms. The fraction of sp³-hybridized carbons (Fsp3) is 0.375. The number of benzene rings is 2. The normalized spacial score (nSPS) is 15.9. The van der Waals surface area contributed by atoms with Crippen LogP contribution in [0.25, 0.3) is 0 Å². The number of nitrogens with zero attached hydrogens (tertiary/aromatic N) is 1. The van der Waals surface area contributed by atoms with E-state index in [1.165, 1.54) is 5.56 Å². The van der Waals surface area contributed by atoms with Crippen LogP contribution in [-0.4, -0.2) is 34.7 Å². The molecular weight excluding hydrogens is 378 g/mol. The van der Waals surface area contributed by atoms with Crippen molar-refractivity contribution in [3.8, 4) is 0 Å². The van der Waals surface area contributed by atoms with Crippen molar-refractivity contribution in [1.29, 1.82) is 0 Å².